The van der Waals surface area contributed by atoms with Gasteiger partial charge in [-0.1, -0.05) is 26.7 Å². The molecule has 4 heteroatoms. The standard InChI is InChI=1S/C16H24N2O2/c1-10-5-4-6-15(11(10)2)18-8-14-13(9-19)7-17-12(3)16(14)20/h7-8,10-11,15,19-20H,4-6,9H2,1-3H3/t10-,11+,15+/m1/s1. The van der Waals surface area contributed by atoms with Crippen molar-refractivity contribution in [1.29, 1.82) is 0 Å². The quantitative estimate of drug-likeness (QED) is 0.834. The maximum atomic E-state index is 10.1. The average Bonchev–Trinajstić information content (AvgIpc) is 2.44. The number of aromatic hydroxyl groups is 1. The first-order valence-electron chi connectivity index (χ1n) is 7.36. The topological polar surface area (TPSA) is 65.7 Å². The molecule has 2 N–H and O–H groups in total. The van der Waals surface area contributed by atoms with Crippen molar-refractivity contribution in [1.82, 2.24) is 4.98 Å². The molecular weight excluding hydrogens is 252 g/mol. The van der Waals surface area contributed by atoms with Gasteiger partial charge in [0.25, 0.3) is 0 Å². The molecule has 3 atom stereocenters. The number of aryl methyl sites for hydroxylation is 1. The number of nitrogens with zero attached hydrogens (tertiary/aromatic N) is 2. The zero-order valence-electron chi connectivity index (χ0n) is 12.5. The lowest BCUT2D eigenvalue weighted by Crippen LogP contribution is -2.27. The van der Waals surface area contributed by atoms with E-state index in [2.05, 4.69) is 23.8 Å². The lowest BCUT2D eigenvalue weighted by atomic mass is 9.78. The van der Waals surface area contributed by atoms with Gasteiger partial charge in [0.2, 0.25) is 0 Å². The molecule has 0 spiro atoms. The molecule has 4 nitrogen and oxygen atoms in total. The van der Waals surface area contributed by atoms with Gasteiger partial charge in [-0.05, 0) is 25.2 Å². The first kappa shape index (κ1) is 15.0. The fraction of sp³-hybridized carbons (Fsp3) is 0.625. The third-order valence-electron chi connectivity index (χ3n) is 4.59. The Bertz CT molecular complexity index is 499. The van der Waals surface area contributed by atoms with Gasteiger partial charge in [-0.3, -0.25) is 9.98 Å². The van der Waals surface area contributed by atoms with E-state index in [1.54, 1.807) is 19.3 Å². The predicted molar refractivity (Wildman–Crippen MR) is 80.1 cm³/mol. The van der Waals surface area contributed by atoms with E-state index in [-0.39, 0.29) is 12.4 Å². The van der Waals surface area contributed by atoms with Crippen LogP contribution in [0.5, 0.6) is 5.75 Å². The third kappa shape index (κ3) is 3.01. The van der Waals surface area contributed by atoms with Gasteiger partial charge in [0.1, 0.15) is 5.75 Å². The summed E-state index contributed by atoms with van der Waals surface area (Å²) in [6.45, 7) is 6.13. The number of pyridine rings is 1. The molecule has 0 saturated heterocycles. The van der Waals surface area contributed by atoms with Crippen LogP contribution in [0.25, 0.3) is 0 Å². The predicted octanol–water partition coefficient (Wildman–Crippen LogP) is 2.83. The van der Waals surface area contributed by atoms with E-state index in [0.29, 0.717) is 34.7 Å². The Morgan fingerprint density at radius 1 is 1.40 bits per heavy atom. The molecule has 0 amide bonds. The molecule has 1 aliphatic carbocycles. The number of aliphatic hydroxyl groups is 1. The van der Waals surface area contributed by atoms with Crippen molar-refractivity contribution in [2.24, 2.45) is 16.8 Å². The molecule has 1 aromatic rings. The van der Waals surface area contributed by atoms with E-state index in [1.807, 2.05) is 0 Å². The Hall–Kier alpha value is -1.42. The number of aliphatic hydroxyl groups excluding tert-OH is 1. The van der Waals surface area contributed by atoms with E-state index >= 15 is 0 Å². The monoisotopic (exact) mass is 276 g/mol. The SMILES string of the molecule is Cc1ncc(CO)c(C=N[C@H]2CCC[C@@H](C)[C@@H]2C)c1O. The van der Waals surface area contributed by atoms with Crippen LogP contribution >= 0.6 is 0 Å². The van der Waals surface area contributed by atoms with Crippen molar-refractivity contribution in [2.45, 2.75) is 52.7 Å². The van der Waals surface area contributed by atoms with Gasteiger partial charge < -0.3 is 10.2 Å². The van der Waals surface area contributed by atoms with Gasteiger partial charge in [-0.15, -0.1) is 0 Å². The van der Waals surface area contributed by atoms with Crippen molar-refractivity contribution < 1.29 is 10.2 Å². The molecule has 0 radical (unpaired) electrons. The van der Waals surface area contributed by atoms with Crippen LogP contribution in [-0.2, 0) is 6.61 Å². The van der Waals surface area contributed by atoms with Crippen molar-refractivity contribution >= 4 is 6.21 Å². The summed E-state index contributed by atoms with van der Waals surface area (Å²) < 4.78 is 0. The molecular formula is C16H24N2O2. The Balaban J connectivity index is 2.25. The zero-order valence-corrected chi connectivity index (χ0v) is 12.5. The molecule has 20 heavy (non-hydrogen) atoms. The van der Waals surface area contributed by atoms with E-state index in [1.165, 1.54) is 12.8 Å². The summed E-state index contributed by atoms with van der Waals surface area (Å²) in [7, 11) is 0. The van der Waals surface area contributed by atoms with Crippen LogP contribution in [0.15, 0.2) is 11.2 Å². The van der Waals surface area contributed by atoms with E-state index in [9.17, 15) is 10.2 Å². The Kier molecular flexibility index (Phi) is 4.76. The lowest BCUT2D eigenvalue weighted by molar-refractivity contribution is 0.242. The minimum absolute atomic E-state index is 0.122. The molecule has 1 saturated carbocycles. The Morgan fingerprint density at radius 2 is 2.15 bits per heavy atom. The van der Waals surface area contributed by atoms with Gasteiger partial charge in [-0.25, -0.2) is 0 Å². The summed E-state index contributed by atoms with van der Waals surface area (Å²) in [5.41, 5.74) is 1.78. The van der Waals surface area contributed by atoms with Crippen molar-refractivity contribution in [3.8, 4) is 5.75 Å². The van der Waals surface area contributed by atoms with E-state index in [0.717, 1.165) is 6.42 Å². The Morgan fingerprint density at radius 3 is 2.85 bits per heavy atom. The van der Waals surface area contributed by atoms with Crippen molar-refractivity contribution in [3.63, 3.8) is 0 Å². The first-order chi connectivity index (χ1) is 9.54. The minimum Gasteiger partial charge on any atom is -0.505 e. The van der Waals surface area contributed by atoms with Gasteiger partial charge in [-0.2, -0.15) is 0 Å². The Labute approximate surface area is 120 Å². The van der Waals surface area contributed by atoms with Crippen LogP contribution in [0, 0.1) is 18.8 Å². The molecule has 1 aromatic heterocycles. The minimum atomic E-state index is -0.140. The van der Waals surface area contributed by atoms with Gasteiger partial charge in [0, 0.05) is 23.5 Å². The third-order valence-corrected chi connectivity index (χ3v) is 4.59. The highest BCUT2D eigenvalue weighted by Crippen LogP contribution is 2.32. The van der Waals surface area contributed by atoms with Crippen LogP contribution in [0.1, 0.15) is 49.9 Å². The first-order valence-corrected chi connectivity index (χ1v) is 7.36. The lowest BCUT2D eigenvalue weighted by Gasteiger charge is -2.31. The molecule has 0 unspecified atom stereocenters. The smallest absolute Gasteiger partial charge is 0.145 e. The summed E-state index contributed by atoms with van der Waals surface area (Å²) in [5, 5.41) is 19.4. The number of aromatic nitrogens is 1. The molecule has 1 aliphatic rings. The van der Waals surface area contributed by atoms with Crippen LogP contribution in [-0.4, -0.2) is 27.5 Å². The molecule has 1 fully saturated rings. The summed E-state index contributed by atoms with van der Waals surface area (Å²) >= 11 is 0. The second-order valence-corrected chi connectivity index (χ2v) is 5.90. The van der Waals surface area contributed by atoms with Gasteiger partial charge >= 0.3 is 0 Å². The maximum Gasteiger partial charge on any atom is 0.145 e. The van der Waals surface area contributed by atoms with E-state index < -0.39 is 0 Å². The van der Waals surface area contributed by atoms with Crippen LogP contribution < -0.4 is 0 Å². The van der Waals surface area contributed by atoms with E-state index in [4.69, 9.17) is 0 Å². The summed E-state index contributed by atoms with van der Waals surface area (Å²) in [4.78, 5) is 8.73. The summed E-state index contributed by atoms with van der Waals surface area (Å²) in [5.74, 6) is 1.37. The fourth-order valence-electron chi connectivity index (χ4n) is 2.86. The molecule has 0 aromatic carbocycles. The second-order valence-electron chi connectivity index (χ2n) is 5.90. The van der Waals surface area contributed by atoms with Crippen molar-refractivity contribution in [3.05, 3.63) is 23.0 Å². The number of hydrogen-bond donors (Lipinski definition) is 2. The largest absolute Gasteiger partial charge is 0.505 e. The molecule has 2 rings (SSSR count). The average molecular weight is 276 g/mol. The molecule has 110 valence electrons. The highest BCUT2D eigenvalue weighted by Gasteiger charge is 2.26. The maximum absolute atomic E-state index is 10.1. The number of hydrogen-bond acceptors (Lipinski definition) is 4. The summed E-state index contributed by atoms with van der Waals surface area (Å²) in [6, 6.07) is 0.304. The normalized spacial score (nSPS) is 27.1. The van der Waals surface area contributed by atoms with Gasteiger partial charge in [0.15, 0.2) is 0 Å². The van der Waals surface area contributed by atoms with Crippen LogP contribution in [0.3, 0.4) is 0 Å². The second kappa shape index (κ2) is 6.35. The van der Waals surface area contributed by atoms with Crippen molar-refractivity contribution in [2.75, 3.05) is 0 Å². The fourth-order valence-corrected chi connectivity index (χ4v) is 2.86. The van der Waals surface area contributed by atoms with Gasteiger partial charge in [0.05, 0.1) is 18.3 Å². The summed E-state index contributed by atoms with van der Waals surface area (Å²) in [6.07, 6.45) is 6.90. The molecule has 0 bridgehead atoms. The molecule has 1 heterocycles. The zero-order chi connectivity index (χ0) is 14.7. The molecule has 0 aliphatic heterocycles. The highest BCUT2D eigenvalue weighted by atomic mass is 16.3. The number of aliphatic imine (C=N–C) groups is 1. The van der Waals surface area contributed by atoms with Crippen LogP contribution in [0.2, 0.25) is 0 Å². The van der Waals surface area contributed by atoms with Crippen LogP contribution in [0.4, 0.5) is 0 Å². The highest BCUT2D eigenvalue weighted by molar-refractivity contribution is 5.85. The number of rotatable bonds is 3.